The van der Waals surface area contributed by atoms with Crippen LogP contribution in [0.15, 0.2) is 4.99 Å². The molecule has 0 radical (unpaired) electrons. The van der Waals surface area contributed by atoms with Crippen molar-refractivity contribution in [2.24, 2.45) is 4.99 Å². The highest BCUT2D eigenvalue weighted by atomic mass is 15.2. The van der Waals surface area contributed by atoms with Gasteiger partial charge in [-0.15, -0.1) is 0 Å². The third-order valence-electron chi connectivity index (χ3n) is 5.26. The van der Waals surface area contributed by atoms with Crippen LogP contribution in [0, 0.1) is 0 Å². The molecule has 0 aromatic heterocycles. The largest absolute Gasteiger partial charge is 0.355 e. The average Bonchev–Trinajstić information content (AvgIpc) is 2.58. The lowest BCUT2D eigenvalue weighted by atomic mass is 9.92. The molecular formula is C19H39N5. The Morgan fingerprint density at radius 3 is 2.25 bits per heavy atom. The van der Waals surface area contributed by atoms with Gasteiger partial charge in [0.05, 0.1) is 0 Å². The lowest BCUT2D eigenvalue weighted by molar-refractivity contribution is 0.119. The molecule has 1 aliphatic heterocycles. The van der Waals surface area contributed by atoms with Crippen molar-refractivity contribution in [1.82, 2.24) is 20.9 Å². The summed E-state index contributed by atoms with van der Waals surface area (Å²) < 4.78 is 0. The van der Waals surface area contributed by atoms with E-state index >= 15 is 0 Å². The quantitative estimate of drug-likeness (QED) is 0.409. The summed E-state index contributed by atoms with van der Waals surface area (Å²) in [5.41, 5.74) is 0.171. The highest BCUT2D eigenvalue weighted by Gasteiger charge is 2.26. The number of nitrogens with one attached hydrogen (secondary N) is 3. The topological polar surface area (TPSA) is 51.7 Å². The maximum absolute atomic E-state index is 4.38. The molecule has 1 saturated heterocycles. The van der Waals surface area contributed by atoms with Gasteiger partial charge in [-0.3, -0.25) is 4.99 Å². The number of likely N-dealkylation sites (tertiary alicyclic amines) is 1. The van der Waals surface area contributed by atoms with E-state index < -0.39 is 0 Å². The number of hydrogen-bond acceptors (Lipinski definition) is 3. The normalized spacial score (nSPS) is 22.6. The summed E-state index contributed by atoms with van der Waals surface area (Å²) in [5, 5.41) is 10.5. The van der Waals surface area contributed by atoms with Crippen molar-refractivity contribution in [1.29, 1.82) is 0 Å². The molecule has 5 heteroatoms. The smallest absolute Gasteiger partial charge is 0.191 e. The Morgan fingerprint density at radius 1 is 1.00 bits per heavy atom. The van der Waals surface area contributed by atoms with Gasteiger partial charge in [0.25, 0.3) is 0 Å². The third kappa shape index (κ3) is 6.98. The van der Waals surface area contributed by atoms with Crippen molar-refractivity contribution < 1.29 is 0 Å². The van der Waals surface area contributed by atoms with Gasteiger partial charge in [0.1, 0.15) is 0 Å². The van der Waals surface area contributed by atoms with Crippen LogP contribution in [0.5, 0.6) is 0 Å². The van der Waals surface area contributed by atoms with E-state index in [1.54, 1.807) is 0 Å². The number of aliphatic imine (C=N–C) groups is 1. The molecule has 0 spiro atoms. The van der Waals surface area contributed by atoms with Crippen LogP contribution in [0.25, 0.3) is 0 Å². The predicted octanol–water partition coefficient (Wildman–Crippen LogP) is 2.34. The van der Waals surface area contributed by atoms with Gasteiger partial charge in [-0.25, -0.2) is 0 Å². The van der Waals surface area contributed by atoms with E-state index in [-0.39, 0.29) is 5.54 Å². The second-order valence-corrected chi connectivity index (χ2v) is 8.42. The Labute approximate surface area is 149 Å². The third-order valence-corrected chi connectivity index (χ3v) is 5.26. The van der Waals surface area contributed by atoms with Crippen LogP contribution in [-0.2, 0) is 0 Å². The fourth-order valence-electron chi connectivity index (χ4n) is 3.86. The van der Waals surface area contributed by atoms with Crippen molar-refractivity contribution in [3.8, 4) is 0 Å². The van der Waals surface area contributed by atoms with Crippen LogP contribution in [0.2, 0.25) is 0 Å². The Kier molecular flexibility index (Phi) is 7.82. The van der Waals surface area contributed by atoms with Gasteiger partial charge in [0.15, 0.2) is 5.96 Å². The first-order valence-electron chi connectivity index (χ1n) is 9.94. The number of hydrogen-bond donors (Lipinski definition) is 3. The second kappa shape index (κ2) is 9.62. The van der Waals surface area contributed by atoms with E-state index in [4.69, 9.17) is 0 Å². The highest BCUT2D eigenvalue weighted by Crippen LogP contribution is 2.25. The summed E-state index contributed by atoms with van der Waals surface area (Å²) in [6.45, 7) is 10.9. The molecule has 3 N–H and O–H groups in total. The summed E-state index contributed by atoms with van der Waals surface area (Å²) in [6.07, 6.45) is 9.61. The average molecular weight is 338 g/mol. The van der Waals surface area contributed by atoms with Gasteiger partial charge in [0, 0.05) is 50.8 Å². The van der Waals surface area contributed by atoms with Crippen molar-refractivity contribution in [3.63, 3.8) is 0 Å². The van der Waals surface area contributed by atoms with Crippen molar-refractivity contribution >= 4 is 5.96 Å². The molecule has 1 saturated carbocycles. The van der Waals surface area contributed by atoms with E-state index in [2.05, 4.69) is 46.6 Å². The van der Waals surface area contributed by atoms with Crippen molar-refractivity contribution in [3.05, 3.63) is 0 Å². The van der Waals surface area contributed by atoms with E-state index in [0.29, 0.717) is 6.04 Å². The summed E-state index contributed by atoms with van der Waals surface area (Å²) in [4.78, 5) is 7.11. The van der Waals surface area contributed by atoms with E-state index in [0.717, 1.165) is 25.1 Å². The first kappa shape index (κ1) is 19.5. The molecular weight excluding hydrogens is 298 g/mol. The van der Waals surface area contributed by atoms with Crippen LogP contribution in [0.4, 0.5) is 0 Å². The zero-order valence-electron chi connectivity index (χ0n) is 16.3. The Morgan fingerprint density at radius 2 is 1.67 bits per heavy atom. The molecule has 0 amide bonds. The monoisotopic (exact) mass is 337 g/mol. The fraction of sp³-hybridized carbons (Fsp3) is 0.947. The van der Waals surface area contributed by atoms with Crippen LogP contribution in [-0.4, -0.2) is 61.7 Å². The van der Waals surface area contributed by atoms with Gasteiger partial charge >= 0.3 is 0 Å². The Hall–Kier alpha value is -0.810. The predicted molar refractivity (Wildman–Crippen MR) is 104 cm³/mol. The van der Waals surface area contributed by atoms with Crippen LogP contribution >= 0.6 is 0 Å². The van der Waals surface area contributed by atoms with E-state index in [9.17, 15) is 0 Å². The molecule has 2 aliphatic rings. The Bertz CT molecular complexity index is 374. The van der Waals surface area contributed by atoms with Crippen LogP contribution in [0.3, 0.4) is 0 Å². The molecule has 140 valence electrons. The van der Waals surface area contributed by atoms with Gasteiger partial charge < -0.3 is 20.9 Å². The summed E-state index contributed by atoms with van der Waals surface area (Å²) in [5.74, 6) is 0.946. The SMILES string of the molecule is CN=C(NCCNC(C)(C)C)NC1CCN(C2CCCCC2)CC1. The molecule has 0 unspecified atom stereocenters. The molecule has 5 nitrogen and oxygen atoms in total. The van der Waals surface area contributed by atoms with E-state index in [1.807, 2.05) is 7.05 Å². The maximum atomic E-state index is 4.38. The molecule has 0 atom stereocenters. The number of piperidine rings is 1. The van der Waals surface area contributed by atoms with E-state index in [1.165, 1.54) is 58.0 Å². The van der Waals surface area contributed by atoms with Gasteiger partial charge in [-0.1, -0.05) is 19.3 Å². The molecule has 0 aromatic carbocycles. The standard InChI is InChI=1S/C19H39N5/c1-19(2,3)22-13-12-21-18(20-4)23-16-10-14-24(15-11-16)17-8-6-5-7-9-17/h16-17,22H,5-15H2,1-4H3,(H2,20,21,23). The first-order chi connectivity index (χ1) is 11.5. The highest BCUT2D eigenvalue weighted by molar-refractivity contribution is 5.79. The summed E-state index contributed by atoms with van der Waals surface area (Å²) >= 11 is 0. The molecule has 1 heterocycles. The zero-order chi connectivity index (χ0) is 17.4. The minimum absolute atomic E-state index is 0.171. The van der Waals surface area contributed by atoms with Crippen molar-refractivity contribution in [2.45, 2.75) is 83.3 Å². The fourth-order valence-corrected chi connectivity index (χ4v) is 3.86. The first-order valence-corrected chi connectivity index (χ1v) is 9.94. The lowest BCUT2D eigenvalue weighted by Crippen LogP contribution is -2.51. The van der Waals surface area contributed by atoms with Crippen LogP contribution < -0.4 is 16.0 Å². The number of rotatable bonds is 5. The van der Waals surface area contributed by atoms with Crippen molar-refractivity contribution in [2.75, 3.05) is 33.2 Å². The zero-order valence-corrected chi connectivity index (χ0v) is 16.3. The Balaban J connectivity index is 1.64. The molecule has 0 bridgehead atoms. The van der Waals surface area contributed by atoms with Gasteiger partial charge in [-0.2, -0.15) is 0 Å². The molecule has 2 fully saturated rings. The number of nitrogens with zero attached hydrogens (tertiary/aromatic N) is 2. The summed E-state index contributed by atoms with van der Waals surface area (Å²) in [7, 11) is 1.86. The van der Waals surface area contributed by atoms with Crippen LogP contribution in [0.1, 0.15) is 65.7 Å². The number of guanidine groups is 1. The molecule has 0 aromatic rings. The maximum Gasteiger partial charge on any atom is 0.191 e. The molecule has 2 rings (SSSR count). The van der Waals surface area contributed by atoms with Gasteiger partial charge in [-0.05, 0) is 46.5 Å². The van der Waals surface area contributed by atoms with Gasteiger partial charge in [0.2, 0.25) is 0 Å². The minimum atomic E-state index is 0.171. The minimum Gasteiger partial charge on any atom is -0.355 e. The summed E-state index contributed by atoms with van der Waals surface area (Å²) in [6, 6.07) is 1.42. The molecule has 24 heavy (non-hydrogen) atoms. The lowest BCUT2D eigenvalue weighted by Gasteiger charge is -2.39. The molecule has 1 aliphatic carbocycles. The second-order valence-electron chi connectivity index (χ2n) is 8.42.